The highest BCUT2D eigenvalue weighted by atomic mass is 16.2. The number of amides is 2. The fourth-order valence-electron chi connectivity index (χ4n) is 4.11. The monoisotopic (exact) mass is 453 g/mol. The van der Waals surface area contributed by atoms with Gasteiger partial charge in [-0.25, -0.2) is 0 Å². The second kappa shape index (κ2) is 15.3. The molecule has 2 rings (SSSR count). The summed E-state index contributed by atoms with van der Waals surface area (Å²) in [6.07, 6.45) is 11.7. The molecular formula is C28H43N3O2. The lowest BCUT2D eigenvalue weighted by atomic mass is 10.1. The minimum atomic E-state index is 0.00131. The van der Waals surface area contributed by atoms with Gasteiger partial charge >= 0.3 is 0 Å². The fraction of sp³-hybridized carbons (Fsp3) is 0.571. The molecule has 0 radical (unpaired) electrons. The zero-order chi connectivity index (χ0) is 23.9. The molecule has 0 aliphatic rings. The van der Waals surface area contributed by atoms with E-state index in [2.05, 4.69) is 13.8 Å². The minimum Gasteiger partial charge on any atom is -0.353 e. The summed E-state index contributed by atoms with van der Waals surface area (Å²) < 4.78 is 2.04. The average molecular weight is 454 g/mol. The van der Waals surface area contributed by atoms with Crippen LogP contribution in [0, 0.1) is 0 Å². The number of rotatable bonds is 16. The van der Waals surface area contributed by atoms with Gasteiger partial charge in [0.1, 0.15) is 0 Å². The molecule has 5 heteroatoms. The van der Waals surface area contributed by atoms with Crippen molar-refractivity contribution in [3.8, 4) is 0 Å². The highest BCUT2D eigenvalue weighted by Gasteiger charge is 2.21. The Hall–Kier alpha value is -2.56. The van der Waals surface area contributed by atoms with Crippen LogP contribution in [0.1, 0.15) is 82.9 Å². The van der Waals surface area contributed by atoms with Gasteiger partial charge in [-0.3, -0.25) is 9.59 Å². The van der Waals surface area contributed by atoms with Crippen molar-refractivity contribution in [2.45, 2.75) is 84.7 Å². The van der Waals surface area contributed by atoms with Crippen LogP contribution in [0.5, 0.6) is 0 Å². The lowest BCUT2D eigenvalue weighted by Gasteiger charge is -2.28. The number of unbranched alkanes of at least 4 members (excludes halogenated alkanes) is 6. The van der Waals surface area contributed by atoms with Crippen LogP contribution in [0.3, 0.4) is 0 Å². The van der Waals surface area contributed by atoms with Gasteiger partial charge in [0.05, 0.1) is 13.1 Å². The zero-order valence-corrected chi connectivity index (χ0v) is 21.0. The molecule has 0 atom stereocenters. The van der Waals surface area contributed by atoms with Crippen LogP contribution in [0.15, 0.2) is 48.7 Å². The molecule has 1 aromatic carbocycles. The standard InChI is InChI=1S/C28H43N3O2/c1-4-6-7-8-9-10-14-19-27(32)30(20-5-2)24-28(33)31(22-25-16-12-11-13-17-25)23-26-18-15-21-29(26)3/h11-13,15-18,21H,4-10,14,19-20,22-24H2,1-3H3. The molecule has 0 aliphatic heterocycles. The van der Waals surface area contributed by atoms with Crippen LogP contribution in [-0.4, -0.2) is 39.3 Å². The lowest BCUT2D eigenvalue weighted by molar-refractivity contribution is -0.141. The third kappa shape index (κ3) is 9.85. The second-order valence-corrected chi connectivity index (χ2v) is 9.03. The Kier molecular flexibility index (Phi) is 12.4. The molecule has 0 spiro atoms. The summed E-state index contributed by atoms with van der Waals surface area (Å²) in [4.78, 5) is 29.9. The lowest BCUT2D eigenvalue weighted by Crippen LogP contribution is -2.43. The molecule has 2 aromatic rings. The first-order chi connectivity index (χ1) is 16.0. The number of benzene rings is 1. The SMILES string of the molecule is CCCCCCCCCC(=O)N(CCC)CC(=O)N(Cc1ccccc1)Cc1cccn1C. The Balaban J connectivity index is 1.96. The molecule has 0 saturated heterocycles. The van der Waals surface area contributed by atoms with E-state index in [1.807, 2.05) is 65.2 Å². The predicted molar refractivity (Wildman–Crippen MR) is 136 cm³/mol. The Morgan fingerprint density at radius 3 is 2.09 bits per heavy atom. The molecule has 1 heterocycles. The van der Waals surface area contributed by atoms with E-state index in [0.29, 0.717) is 26.1 Å². The summed E-state index contributed by atoms with van der Waals surface area (Å²) in [6.45, 7) is 6.14. The van der Waals surface area contributed by atoms with E-state index in [1.54, 1.807) is 4.90 Å². The van der Waals surface area contributed by atoms with E-state index in [1.165, 1.54) is 32.1 Å². The van der Waals surface area contributed by atoms with E-state index in [9.17, 15) is 9.59 Å². The first-order valence-electron chi connectivity index (χ1n) is 12.7. The maximum absolute atomic E-state index is 13.4. The number of aromatic nitrogens is 1. The largest absolute Gasteiger partial charge is 0.353 e. The quantitative estimate of drug-likeness (QED) is 0.296. The molecule has 0 fully saturated rings. The summed E-state index contributed by atoms with van der Waals surface area (Å²) in [5.74, 6) is 0.110. The van der Waals surface area contributed by atoms with E-state index in [0.717, 1.165) is 30.5 Å². The van der Waals surface area contributed by atoms with Gasteiger partial charge in [0, 0.05) is 38.4 Å². The molecule has 5 nitrogen and oxygen atoms in total. The minimum absolute atomic E-state index is 0.00131. The van der Waals surface area contributed by atoms with Crippen LogP contribution >= 0.6 is 0 Å². The predicted octanol–water partition coefficient (Wildman–Crippen LogP) is 5.93. The molecule has 0 N–H and O–H groups in total. The molecule has 0 bridgehead atoms. The molecule has 0 saturated carbocycles. The molecule has 182 valence electrons. The second-order valence-electron chi connectivity index (χ2n) is 9.03. The maximum Gasteiger partial charge on any atom is 0.242 e. The Morgan fingerprint density at radius 1 is 0.758 bits per heavy atom. The van der Waals surface area contributed by atoms with Crippen molar-refractivity contribution in [3.05, 3.63) is 59.9 Å². The van der Waals surface area contributed by atoms with Crippen molar-refractivity contribution in [2.24, 2.45) is 7.05 Å². The zero-order valence-electron chi connectivity index (χ0n) is 21.0. The summed E-state index contributed by atoms with van der Waals surface area (Å²) in [7, 11) is 2.00. The number of carbonyl (C=O) groups is 2. The van der Waals surface area contributed by atoms with Gasteiger partial charge in [0.25, 0.3) is 0 Å². The third-order valence-electron chi connectivity index (χ3n) is 6.14. The van der Waals surface area contributed by atoms with Gasteiger partial charge in [-0.1, -0.05) is 82.7 Å². The van der Waals surface area contributed by atoms with Crippen molar-refractivity contribution in [1.29, 1.82) is 0 Å². The molecular weight excluding hydrogens is 410 g/mol. The first kappa shape index (κ1) is 26.7. The molecule has 0 unspecified atom stereocenters. The Morgan fingerprint density at radius 2 is 1.45 bits per heavy atom. The van der Waals surface area contributed by atoms with E-state index in [4.69, 9.17) is 0 Å². The van der Waals surface area contributed by atoms with Gasteiger partial charge in [0.2, 0.25) is 11.8 Å². The Bertz CT molecular complexity index is 816. The van der Waals surface area contributed by atoms with Gasteiger partial charge in [-0.15, -0.1) is 0 Å². The summed E-state index contributed by atoms with van der Waals surface area (Å²) in [5.41, 5.74) is 2.17. The van der Waals surface area contributed by atoms with Crippen molar-refractivity contribution < 1.29 is 9.59 Å². The summed E-state index contributed by atoms with van der Waals surface area (Å²) in [5, 5.41) is 0. The number of hydrogen-bond acceptors (Lipinski definition) is 2. The van der Waals surface area contributed by atoms with Crippen LogP contribution < -0.4 is 0 Å². The van der Waals surface area contributed by atoms with Crippen LogP contribution in [0.4, 0.5) is 0 Å². The number of nitrogens with zero attached hydrogens (tertiary/aromatic N) is 3. The van der Waals surface area contributed by atoms with Crippen molar-refractivity contribution in [3.63, 3.8) is 0 Å². The van der Waals surface area contributed by atoms with E-state index < -0.39 is 0 Å². The summed E-state index contributed by atoms with van der Waals surface area (Å²) >= 11 is 0. The van der Waals surface area contributed by atoms with Gasteiger partial charge < -0.3 is 14.4 Å². The number of aryl methyl sites for hydroxylation is 1. The number of carbonyl (C=O) groups excluding carboxylic acids is 2. The Labute approximate surface area is 200 Å². The fourth-order valence-corrected chi connectivity index (χ4v) is 4.11. The van der Waals surface area contributed by atoms with E-state index in [-0.39, 0.29) is 18.4 Å². The van der Waals surface area contributed by atoms with Crippen molar-refractivity contribution >= 4 is 11.8 Å². The smallest absolute Gasteiger partial charge is 0.242 e. The highest BCUT2D eigenvalue weighted by molar-refractivity contribution is 5.84. The van der Waals surface area contributed by atoms with Crippen molar-refractivity contribution in [2.75, 3.05) is 13.1 Å². The topological polar surface area (TPSA) is 45.6 Å². The first-order valence-corrected chi connectivity index (χ1v) is 12.7. The molecule has 1 aromatic heterocycles. The van der Waals surface area contributed by atoms with E-state index >= 15 is 0 Å². The molecule has 0 aliphatic carbocycles. The molecule has 33 heavy (non-hydrogen) atoms. The maximum atomic E-state index is 13.4. The van der Waals surface area contributed by atoms with Crippen LogP contribution in [-0.2, 0) is 29.7 Å². The van der Waals surface area contributed by atoms with Crippen molar-refractivity contribution in [1.82, 2.24) is 14.4 Å². The van der Waals surface area contributed by atoms with Crippen LogP contribution in [0.2, 0.25) is 0 Å². The number of hydrogen-bond donors (Lipinski definition) is 0. The van der Waals surface area contributed by atoms with Crippen LogP contribution in [0.25, 0.3) is 0 Å². The normalized spacial score (nSPS) is 10.9. The van der Waals surface area contributed by atoms with Gasteiger partial charge in [-0.2, -0.15) is 0 Å². The average Bonchev–Trinajstić information content (AvgIpc) is 3.22. The third-order valence-corrected chi connectivity index (χ3v) is 6.14. The van der Waals surface area contributed by atoms with Gasteiger partial charge in [-0.05, 0) is 30.5 Å². The highest BCUT2D eigenvalue weighted by Crippen LogP contribution is 2.13. The molecule has 2 amide bonds. The van der Waals surface area contributed by atoms with Gasteiger partial charge in [0.15, 0.2) is 0 Å². The summed E-state index contributed by atoms with van der Waals surface area (Å²) in [6, 6.07) is 14.1.